The molecule has 0 saturated heterocycles. The van der Waals surface area contributed by atoms with E-state index in [0.29, 0.717) is 11.1 Å². The van der Waals surface area contributed by atoms with Crippen LogP contribution in [0.4, 0.5) is 0 Å². The number of carbonyl (C=O) groups excluding carboxylic acids is 1. The third kappa shape index (κ3) is 5.04. The molecule has 138 valence electrons. The lowest BCUT2D eigenvalue weighted by Gasteiger charge is -2.14. The molecule has 5 N–H and O–H groups in total. The zero-order valence-corrected chi connectivity index (χ0v) is 13.6. The summed E-state index contributed by atoms with van der Waals surface area (Å²) in [5.74, 6) is -3.41. The van der Waals surface area contributed by atoms with E-state index < -0.39 is 23.8 Å². The Morgan fingerprint density at radius 3 is 1.92 bits per heavy atom. The van der Waals surface area contributed by atoms with E-state index in [-0.39, 0.29) is 36.5 Å². The van der Waals surface area contributed by atoms with Crippen molar-refractivity contribution in [3.05, 3.63) is 47.5 Å². The van der Waals surface area contributed by atoms with Crippen LogP contribution in [0.25, 0.3) is 0 Å². The number of aliphatic carboxylic acids is 1. The van der Waals surface area contributed by atoms with Gasteiger partial charge >= 0.3 is 11.9 Å². The molecule has 0 fully saturated rings. The van der Waals surface area contributed by atoms with Gasteiger partial charge in [-0.2, -0.15) is 0 Å². The largest absolute Gasteiger partial charge is 0.504 e. The molecule has 0 aliphatic rings. The van der Waals surface area contributed by atoms with Crippen molar-refractivity contribution >= 4 is 11.9 Å². The number of rotatable bonds is 7. The Labute approximate surface area is 148 Å². The summed E-state index contributed by atoms with van der Waals surface area (Å²) in [5, 5.41) is 46.6. The van der Waals surface area contributed by atoms with Crippen LogP contribution >= 0.6 is 0 Å². The van der Waals surface area contributed by atoms with Crippen LogP contribution in [-0.4, -0.2) is 43.6 Å². The fraction of sp³-hybridized carbons (Fsp3) is 0.222. The maximum Gasteiger partial charge on any atom is 0.345 e. The van der Waals surface area contributed by atoms with Gasteiger partial charge in [-0.1, -0.05) is 12.1 Å². The minimum Gasteiger partial charge on any atom is -0.504 e. The molecule has 2 aromatic carbocycles. The highest BCUT2D eigenvalue weighted by Crippen LogP contribution is 2.26. The van der Waals surface area contributed by atoms with E-state index in [4.69, 9.17) is 4.74 Å². The quantitative estimate of drug-likeness (QED) is 0.369. The van der Waals surface area contributed by atoms with Gasteiger partial charge in [0.05, 0.1) is 0 Å². The van der Waals surface area contributed by atoms with Crippen molar-refractivity contribution in [2.75, 3.05) is 0 Å². The number of carboxylic acid groups (broad SMARTS) is 1. The molecule has 0 amide bonds. The number of ether oxygens (including phenoxy) is 1. The lowest BCUT2D eigenvalue weighted by atomic mass is 10.1. The van der Waals surface area contributed by atoms with Crippen LogP contribution in [0.5, 0.6) is 23.0 Å². The Bertz CT molecular complexity index is 815. The van der Waals surface area contributed by atoms with Crippen LogP contribution in [-0.2, 0) is 27.2 Å². The molecule has 2 aromatic rings. The maximum absolute atomic E-state index is 11.9. The molecule has 8 heteroatoms. The van der Waals surface area contributed by atoms with Crippen LogP contribution in [0.2, 0.25) is 0 Å². The summed E-state index contributed by atoms with van der Waals surface area (Å²) in [6.45, 7) is 0. The molecule has 0 radical (unpaired) electrons. The molecule has 0 aliphatic heterocycles. The fourth-order valence-corrected chi connectivity index (χ4v) is 2.28. The van der Waals surface area contributed by atoms with Crippen LogP contribution in [0, 0.1) is 0 Å². The summed E-state index contributed by atoms with van der Waals surface area (Å²) in [4.78, 5) is 23.2. The summed E-state index contributed by atoms with van der Waals surface area (Å²) in [5.41, 5.74) is 0.955. The number of hydrogen-bond acceptors (Lipinski definition) is 7. The van der Waals surface area contributed by atoms with Crippen LogP contribution in [0.1, 0.15) is 17.5 Å². The highest BCUT2D eigenvalue weighted by Gasteiger charge is 2.23. The van der Waals surface area contributed by atoms with Gasteiger partial charge in [-0.15, -0.1) is 0 Å². The van der Waals surface area contributed by atoms with Crippen molar-refractivity contribution in [1.82, 2.24) is 0 Å². The van der Waals surface area contributed by atoms with E-state index in [1.807, 2.05) is 0 Å². The van der Waals surface area contributed by atoms with Crippen LogP contribution in [0.3, 0.4) is 0 Å². The molecule has 2 rings (SSSR count). The SMILES string of the molecule is O=C(CCc1ccc(O)c(O)c1)O[C@H](Cc1ccc(O)c(O)c1)C(=O)O. The van der Waals surface area contributed by atoms with Gasteiger partial charge < -0.3 is 30.3 Å². The van der Waals surface area contributed by atoms with E-state index in [1.54, 1.807) is 0 Å². The summed E-state index contributed by atoms with van der Waals surface area (Å²) in [7, 11) is 0. The number of phenolic OH excluding ortho intramolecular Hbond substituents is 4. The van der Waals surface area contributed by atoms with Crippen molar-refractivity contribution < 1.29 is 39.9 Å². The van der Waals surface area contributed by atoms with E-state index in [9.17, 15) is 35.1 Å². The smallest absolute Gasteiger partial charge is 0.345 e. The fourth-order valence-electron chi connectivity index (χ4n) is 2.28. The Morgan fingerprint density at radius 1 is 0.846 bits per heavy atom. The molecule has 0 bridgehead atoms. The number of carbonyl (C=O) groups is 2. The molecule has 0 aromatic heterocycles. The van der Waals surface area contributed by atoms with Gasteiger partial charge in [-0.25, -0.2) is 4.79 Å². The van der Waals surface area contributed by atoms with Crippen LogP contribution < -0.4 is 0 Å². The Hall–Kier alpha value is -3.42. The number of carboxylic acids is 1. The summed E-state index contributed by atoms with van der Waals surface area (Å²) >= 11 is 0. The molecule has 0 spiro atoms. The second-order valence-electron chi connectivity index (χ2n) is 5.67. The van der Waals surface area contributed by atoms with E-state index in [0.717, 1.165) is 0 Å². The monoisotopic (exact) mass is 362 g/mol. The molecule has 0 unspecified atom stereocenters. The van der Waals surface area contributed by atoms with E-state index in [2.05, 4.69) is 0 Å². The first-order valence-corrected chi connectivity index (χ1v) is 7.70. The van der Waals surface area contributed by atoms with Gasteiger partial charge in [-0.05, 0) is 41.8 Å². The van der Waals surface area contributed by atoms with Gasteiger partial charge in [0, 0.05) is 12.8 Å². The third-order valence-electron chi connectivity index (χ3n) is 3.67. The predicted octanol–water partition coefficient (Wildman–Crippen LogP) is 1.68. The zero-order valence-electron chi connectivity index (χ0n) is 13.6. The molecule has 0 heterocycles. The van der Waals surface area contributed by atoms with Crippen molar-refractivity contribution in [2.24, 2.45) is 0 Å². The highest BCUT2D eigenvalue weighted by molar-refractivity contribution is 5.78. The normalized spacial score (nSPS) is 11.7. The Balaban J connectivity index is 1.95. The van der Waals surface area contributed by atoms with Gasteiger partial charge in [0.15, 0.2) is 23.0 Å². The second kappa shape index (κ2) is 8.11. The summed E-state index contributed by atoms with van der Waals surface area (Å²) < 4.78 is 4.97. The van der Waals surface area contributed by atoms with Gasteiger partial charge in [-0.3, -0.25) is 4.79 Å². The standard InChI is InChI=1S/C18H18O8/c19-12-4-1-10(7-14(12)21)3-6-17(23)26-16(18(24)25)9-11-2-5-13(20)15(22)8-11/h1-2,4-5,7-8,16,19-22H,3,6,9H2,(H,24,25)/t16-/m1/s1. The minimum atomic E-state index is -1.44. The second-order valence-corrected chi connectivity index (χ2v) is 5.67. The summed E-state index contributed by atoms with van der Waals surface area (Å²) in [6, 6.07) is 7.93. The molecule has 26 heavy (non-hydrogen) atoms. The zero-order chi connectivity index (χ0) is 19.3. The number of benzene rings is 2. The van der Waals surface area contributed by atoms with E-state index >= 15 is 0 Å². The Morgan fingerprint density at radius 2 is 1.38 bits per heavy atom. The molecule has 0 aliphatic carbocycles. The molecule has 0 saturated carbocycles. The highest BCUT2D eigenvalue weighted by atomic mass is 16.6. The average molecular weight is 362 g/mol. The first-order chi connectivity index (χ1) is 12.3. The minimum absolute atomic E-state index is 0.116. The lowest BCUT2D eigenvalue weighted by molar-refractivity contribution is -0.163. The van der Waals surface area contributed by atoms with Crippen molar-refractivity contribution in [3.63, 3.8) is 0 Å². The van der Waals surface area contributed by atoms with Crippen molar-refractivity contribution in [3.8, 4) is 23.0 Å². The van der Waals surface area contributed by atoms with Crippen molar-refractivity contribution in [1.29, 1.82) is 0 Å². The topological polar surface area (TPSA) is 145 Å². The maximum atomic E-state index is 11.9. The predicted molar refractivity (Wildman–Crippen MR) is 89.1 cm³/mol. The third-order valence-corrected chi connectivity index (χ3v) is 3.67. The number of aromatic hydroxyl groups is 4. The Kier molecular flexibility index (Phi) is 5.90. The molecule has 1 atom stereocenters. The average Bonchev–Trinajstić information content (AvgIpc) is 2.58. The summed E-state index contributed by atoms with van der Waals surface area (Å²) in [6.07, 6.45) is -1.54. The number of hydrogen-bond donors (Lipinski definition) is 5. The molecule has 8 nitrogen and oxygen atoms in total. The van der Waals surface area contributed by atoms with Gasteiger partial charge in [0.2, 0.25) is 6.10 Å². The van der Waals surface area contributed by atoms with Gasteiger partial charge in [0.1, 0.15) is 0 Å². The first-order valence-electron chi connectivity index (χ1n) is 7.70. The van der Waals surface area contributed by atoms with Crippen molar-refractivity contribution in [2.45, 2.75) is 25.4 Å². The lowest BCUT2D eigenvalue weighted by Crippen LogP contribution is -2.29. The molecular formula is C18H18O8. The number of esters is 1. The van der Waals surface area contributed by atoms with E-state index in [1.165, 1.54) is 36.4 Å². The number of aryl methyl sites for hydroxylation is 1. The first kappa shape index (κ1) is 18.9. The number of phenols is 4. The molecular weight excluding hydrogens is 344 g/mol. The van der Waals surface area contributed by atoms with Gasteiger partial charge in [0.25, 0.3) is 0 Å². The van der Waals surface area contributed by atoms with Crippen LogP contribution in [0.15, 0.2) is 36.4 Å².